The third kappa shape index (κ3) is 6.00. The lowest BCUT2D eigenvalue weighted by atomic mass is 9.34. The van der Waals surface area contributed by atoms with Crippen molar-refractivity contribution in [1.29, 1.82) is 0 Å². The van der Waals surface area contributed by atoms with Crippen LogP contribution in [0.1, 0.15) is 0 Å². The Kier molecular flexibility index (Phi) is 9.04. The first-order valence-electron chi connectivity index (χ1n) is 24.8. The average molecular weight is 935 g/mol. The molecule has 0 saturated heterocycles. The maximum absolute atomic E-state index is 6.95. The van der Waals surface area contributed by atoms with E-state index in [1.807, 2.05) is 6.07 Å². The number of hydrogen-bond donors (Lipinski definition) is 0. The van der Waals surface area contributed by atoms with Crippen molar-refractivity contribution < 1.29 is 9.47 Å². The molecule has 0 radical (unpaired) electrons. The molecule has 0 N–H and O–H groups in total. The second-order valence-electron chi connectivity index (χ2n) is 19.1. The van der Waals surface area contributed by atoms with Crippen molar-refractivity contribution in [2.24, 2.45) is 0 Å². The van der Waals surface area contributed by atoms with Crippen LogP contribution in [0.5, 0.6) is 23.0 Å². The van der Waals surface area contributed by atoms with Gasteiger partial charge in [0.25, 0.3) is 6.71 Å². The van der Waals surface area contributed by atoms with Crippen molar-refractivity contribution in [3.05, 3.63) is 261 Å². The summed E-state index contributed by atoms with van der Waals surface area (Å²) in [6.45, 7) is -0.0979. The molecule has 11 aromatic carbocycles. The summed E-state index contributed by atoms with van der Waals surface area (Å²) in [6.07, 6.45) is 0. The fourth-order valence-electron chi connectivity index (χ4n) is 12.3. The first-order valence-corrected chi connectivity index (χ1v) is 26.8. The summed E-state index contributed by atoms with van der Waals surface area (Å²) in [5, 5.41) is 10.3. The number of nitrogens with zero attached hydrogens (tertiary/aromatic N) is 2. The number of benzene rings is 11. The van der Waals surface area contributed by atoms with Crippen LogP contribution in [0.2, 0.25) is 0 Å². The van der Waals surface area contributed by atoms with Gasteiger partial charge < -0.3 is 18.6 Å². The molecule has 0 aliphatic carbocycles. The third-order valence-corrected chi connectivity index (χ3v) is 20.2. The lowest BCUT2D eigenvalue weighted by Gasteiger charge is -2.35. The van der Waals surface area contributed by atoms with Gasteiger partial charge in [-0.1, -0.05) is 194 Å². The minimum atomic E-state index is -2.75. The maximum Gasteiger partial charge on any atom is 0.260 e. The number of fused-ring (bicyclic) bond motifs is 10. The molecule has 336 valence electrons. The Morgan fingerprint density at radius 2 is 0.764 bits per heavy atom. The van der Waals surface area contributed by atoms with Crippen LogP contribution in [-0.4, -0.2) is 23.9 Å². The highest BCUT2D eigenvalue weighted by molar-refractivity contribution is 7.20. The first kappa shape index (κ1) is 40.8. The van der Waals surface area contributed by atoms with Crippen LogP contribution < -0.4 is 46.6 Å². The van der Waals surface area contributed by atoms with Crippen molar-refractivity contribution in [2.45, 2.75) is 0 Å². The second kappa shape index (κ2) is 16.0. The van der Waals surface area contributed by atoms with E-state index in [0.717, 1.165) is 67.4 Å². The van der Waals surface area contributed by atoms with E-state index >= 15 is 0 Å². The summed E-state index contributed by atoms with van der Waals surface area (Å²) in [4.78, 5) is 0. The molecule has 15 rings (SSSR count). The van der Waals surface area contributed by atoms with Gasteiger partial charge in [0, 0.05) is 44.4 Å². The molecule has 2 aliphatic rings. The molecule has 0 fully saturated rings. The summed E-state index contributed by atoms with van der Waals surface area (Å²) in [5.74, 6) is 3.37. The number of rotatable bonds is 7. The standard InChI is InChI=1S/C66H43BN2O2Si/c1-4-19-48(20-5-1)72(49-21-6-2-7-22-49,50-23-8-3-9-24-50)51-25-16-18-44(40-51)45-34-39-62-57(41-45)67-56-37-35-47(43-65(56)71-64-33-17-32-63(70-62)66(64)67)69-60-31-15-12-28-54(60)55-42-46(36-38-61(55)69)68-58-29-13-10-26-52(58)53-27-11-14-30-59(53)68/h1-43H. The van der Waals surface area contributed by atoms with Gasteiger partial charge in [-0.25, -0.2) is 0 Å². The van der Waals surface area contributed by atoms with Gasteiger partial charge in [-0.05, 0) is 103 Å². The lowest BCUT2D eigenvalue weighted by molar-refractivity contribution is 0.464. The molecular weight excluding hydrogens is 892 g/mol. The monoisotopic (exact) mass is 934 g/mol. The normalized spacial score (nSPS) is 12.6. The number of para-hydroxylation sites is 3. The largest absolute Gasteiger partial charge is 0.458 e. The van der Waals surface area contributed by atoms with Gasteiger partial charge >= 0.3 is 0 Å². The predicted molar refractivity (Wildman–Crippen MR) is 302 cm³/mol. The summed E-state index contributed by atoms with van der Waals surface area (Å²) < 4.78 is 18.5. The molecule has 4 heterocycles. The molecule has 0 saturated carbocycles. The molecule has 0 atom stereocenters. The first-order chi connectivity index (χ1) is 35.7. The van der Waals surface area contributed by atoms with Crippen molar-refractivity contribution in [1.82, 2.24) is 9.13 Å². The predicted octanol–water partition coefficient (Wildman–Crippen LogP) is 11.7. The molecule has 2 aliphatic heterocycles. The minimum absolute atomic E-state index is 0.0979. The van der Waals surface area contributed by atoms with Crippen LogP contribution in [-0.2, 0) is 0 Å². The number of aromatic nitrogens is 2. The highest BCUT2D eigenvalue weighted by atomic mass is 28.3. The van der Waals surface area contributed by atoms with E-state index in [4.69, 9.17) is 9.47 Å². The highest BCUT2D eigenvalue weighted by Gasteiger charge is 2.43. The summed E-state index contributed by atoms with van der Waals surface area (Å²) in [5.41, 5.74) is 12.5. The van der Waals surface area contributed by atoms with Crippen LogP contribution in [0.4, 0.5) is 0 Å². The second-order valence-corrected chi connectivity index (χ2v) is 22.9. The van der Waals surface area contributed by atoms with Gasteiger partial charge in [0.05, 0.1) is 22.1 Å². The molecule has 6 heteroatoms. The SMILES string of the molecule is c1ccc([Si](c2ccccc2)(c2ccccc2)c2cccc(-c3ccc4c(c3)B3c5ccc(-n6c7ccccc7c7cc(-n8c9ccccc9c9ccccc98)ccc76)cc5Oc5cccc(c53)O4)c2)cc1. The summed E-state index contributed by atoms with van der Waals surface area (Å²) in [7, 11) is -2.75. The van der Waals surface area contributed by atoms with Crippen molar-refractivity contribution in [2.75, 3.05) is 0 Å². The smallest absolute Gasteiger partial charge is 0.260 e. The number of ether oxygens (including phenoxy) is 2. The molecule has 0 spiro atoms. The van der Waals surface area contributed by atoms with Crippen molar-refractivity contribution >= 4 is 95.5 Å². The third-order valence-electron chi connectivity index (χ3n) is 15.4. The van der Waals surface area contributed by atoms with Crippen molar-refractivity contribution in [3.63, 3.8) is 0 Å². The molecular formula is C66H43BN2O2Si. The van der Waals surface area contributed by atoms with Gasteiger partial charge in [-0.15, -0.1) is 0 Å². The van der Waals surface area contributed by atoms with E-state index in [1.165, 1.54) is 58.9 Å². The number of hydrogen-bond acceptors (Lipinski definition) is 2. The molecule has 4 nitrogen and oxygen atoms in total. The van der Waals surface area contributed by atoms with Crippen LogP contribution in [0, 0.1) is 0 Å². The van der Waals surface area contributed by atoms with E-state index in [-0.39, 0.29) is 6.71 Å². The van der Waals surface area contributed by atoms with Crippen LogP contribution in [0.15, 0.2) is 261 Å². The fraction of sp³-hybridized carbons (Fsp3) is 0. The van der Waals surface area contributed by atoms with Gasteiger partial charge in [0.2, 0.25) is 0 Å². The topological polar surface area (TPSA) is 28.3 Å². The fourth-order valence-corrected chi connectivity index (χ4v) is 17.1. The lowest BCUT2D eigenvalue weighted by Crippen LogP contribution is -2.74. The van der Waals surface area contributed by atoms with Crippen LogP contribution >= 0.6 is 0 Å². The Labute approximate surface area is 418 Å². The van der Waals surface area contributed by atoms with E-state index in [0.29, 0.717) is 0 Å². The molecule has 0 unspecified atom stereocenters. The van der Waals surface area contributed by atoms with Gasteiger partial charge in [-0.3, -0.25) is 0 Å². The zero-order valence-corrected chi connectivity index (χ0v) is 40.1. The minimum Gasteiger partial charge on any atom is -0.458 e. The van der Waals surface area contributed by atoms with Crippen molar-refractivity contribution in [3.8, 4) is 45.5 Å². The summed E-state index contributed by atoms with van der Waals surface area (Å²) >= 11 is 0. The average Bonchev–Trinajstić information content (AvgIpc) is 3.97. The van der Waals surface area contributed by atoms with E-state index in [9.17, 15) is 0 Å². The Bertz CT molecular complexity index is 4150. The Hall–Kier alpha value is -9.10. The molecule has 2 aromatic heterocycles. The van der Waals surface area contributed by atoms with E-state index in [2.05, 4.69) is 264 Å². The zero-order chi connectivity index (χ0) is 47.3. The quantitative estimate of drug-likeness (QED) is 0.118. The van der Waals surface area contributed by atoms with Gasteiger partial charge in [0.1, 0.15) is 23.0 Å². The maximum atomic E-state index is 6.95. The molecule has 0 amide bonds. The Morgan fingerprint density at radius 3 is 1.38 bits per heavy atom. The molecule has 0 bridgehead atoms. The molecule has 13 aromatic rings. The van der Waals surface area contributed by atoms with Crippen LogP contribution in [0.3, 0.4) is 0 Å². The van der Waals surface area contributed by atoms with Gasteiger partial charge in [0.15, 0.2) is 8.07 Å². The van der Waals surface area contributed by atoms with E-state index in [1.54, 1.807) is 0 Å². The zero-order valence-electron chi connectivity index (χ0n) is 39.1. The van der Waals surface area contributed by atoms with Gasteiger partial charge in [-0.2, -0.15) is 0 Å². The highest BCUT2D eigenvalue weighted by Crippen LogP contribution is 2.40. The summed E-state index contributed by atoms with van der Waals surface area (Å²) in [6, 6.07) is 95.5. The Morgan fingerprint density at radius 1 is 0.292 bits per heavy atom. The Balaban J connectivity index is 0.864. The molecule has 72 heavy (non-hydrogen) atoms. The van der Waals surface area contributed by atoms with Crippen LogP contribution in [0.25, 0.3) is 66.1 Å². The van der Waals surface area contributed by atoms with E-state index < -0.39 is 8.07 Å².